The highest BCUT2D eigenvalue weighted by Crippen LogP contribution is 2.25. The lowest BCUT2D eigenvalue weighted by atomic mass is 10.1. The molecular weight excluding hydrogens is 314 g/mol. The van der Waals surface area contributed by atoms with Crippen LogP contribution in [0.25, 0.3) is 16.9 Å². The largest absolute Gasteiger partial charge is 0.497 e. The minimum absolute atomic E-state index is 0.0480. The minimum Gasteiger partial charge on any atom is -0.497 e. The quantitative estimate of drug-likeness (QED) is 0.774. The maximum absolute atomic E-state index is 12.6. The van der Waals surface area contributed by atoms with Crippen molar-refractivity contribution in [2.45, 2.75) is 19.9 Å². The van der Waals surface area contributed by atoms with E-state index in [0.717, 1.165) is 22.7 Å². The number of para-hydroxylation sites is 1. The molecule has 1 N–H and O–H groups in total. The first-order valence-electron chi connectivity index (χ1n) is 8.19. The van der Waals surface area contributed by atoms with Gasteiger partial charge in [0.1, 0.15) is 11.4 Å². The van der Waals surface area contributed by atoms with Crippen LogP contribution in [0.15, 0.2) is 60.7 Å². The van der Waals surface area contributed by atoms with Gasteiger partial charge < -0.3 is 10.1 Å². The number of benzene rings is 2. The molecule has 0 aliphatic rings. The number of carbonyl (C=O) groups excluding carboxylic acids is 1. The van der Waals surface area contributed by atoms with E-state index in [1.165, 1.54) is 0 Å². The molecule has 1 aromatic heterocycles. The lowest BCUT2D eigenvalue weighted by Gasteiger charge is -2.10. The molecule has 5 heteroatoms. The van der Waals surface area contributed by atoms with Crippen LogP contribution in [0.1, 0.15) is 24.3 Å². The van der Waals surface area contributed by atoms with E-state index in [4.69, 9.17) is 4.74 Å². The zero-order chi connectivity index (χ0) is 17.8. The molecule has 0 unspecified atom stereocenters. The van der Waals surface area contributed by atoms with Crippen molar-refractivity contribution in [1.82, 2.24) is 15.1 Å². The van der Waals surface area contributed by atoms with E-state index in [9.17, 15) is 4.79 Å². The summed E-state index contributed by atoms with van der Waals surface area (Å²) < 4.78 is 6.96. The van der Waals surface area contributed by atoms with Gasteiger partial charge in [0.15, 0.2) is 0 Å². The number of hydrogen-bond acceptors (Lipinski definition) is 3. The predicted octanol–water partition coefficient (Wildman–Crippen LogP) is 3.69. The Morgan fingerprint density at radius 3 is 2.52 bits per heavy atom. The summed E-state index contributed by atoms with van der Waals surface area (Å²) in [7, 11) is 1.63. The molecule has 3 rings (SSSR count). The molecule has 5 nitrogen and oxygen atoms in total. The second-order valence-corrected chi connectivity index (χ2v) is 6.02. The normalized spacial score (nSPS) is 10.7. The average Bonchev–Trinajstić information content (AvgIpc) is 3.07. The Morgan fingerprint density at radius 2 is 1.84 bits per heavy atom. The Hall–Kier alpha value is -3.08. The lowest BCUT2D eigenvalue weighted by Crippen LogP contribution is -2.31. The van der Waals surface area contributed by atoms with Gasteiger partial charge in [-0.1, -0.05) is 30.3 Å². The van der Waals surface area contributed by atoms with Crippen LogP contribution >= 0.6 is 0 Å². The monoisotopic (exact) mass is 335 g/mol. The van der Waals surface area contributed by atoms with Gasteiger partial charge in [-0.15, -0.1) is 0 Å². The number of hydrogen-bond donors (Lipinski definition) is 1. The van der Waals surface area contributed by atoms with Crippen molar-refractivity contribution in [3.63, 3.8) is 0 Å². The number of nitrogens with zero attached hydrogens (tertiary/aromatic N) is 2. The Labute approximate surface area is 147 Å². The highest BCUT2D eigenvalue weighted by Gasteiger charge is 2.18. The number of amides is 1. The van der Waals surface area contributed by atoms with E-state index < -0.39 is 0 Å². The fourth-order valence-electron chi connectivity index (χ4n) is 2.57. The highest BCUT2D eigenvalue weighted by atomic mass is 16.5. The number of methoxy groups -OCH3 is 1. The Kier molecular flexibility index (Phi) is 4.84. The van der Waals surface area contributed by atoms with Crippen LogP contribution in [0.5, 0.6) is 5.75 Å². The molecule has 0 spiro atoms. The standard InChI is InChI=1S/C20H21N3O2/c1-14(2)21-20(24)19-13-18(15-8-7-11-17(12-15)25-3)22-23(19)16-9-5-4-6-10-16/h4-14H,1-3H3,(H,21,24). The van der Waals surface area contributed by atoms with Crippen LogP contribution in [0, 0.1) is 0 Å². The first-order chi connectivity index (χ1) is 12.1. The Bertz CT molecular complexity index is 870. The molecular formula is C20H21N3O2. The summed E-state index contributed by atoms with van der Waals surface area (Å²) in [6, 6.07) is 19.1. The molecule has 1 heterocycles. The van der Waals surface area contributed by atoms with E-state index in [-0.39, 0.29) is 11.9 Å². The van der Waals surface area contributed by atoms with Crippen molar-refractivity contribution in [1.29, 1.82) is 0 Å². The molecule has 0 atom stereocenters. The molecule has 3 aromatic rings. The molecule has 0 aliphatic carbocycles. The van der Waals surface area contributed by atoms with Gasteiger partial charge in [-0.2, -0.15) is 5.10 Å². The summed E-state index contributed by atoms with van der Waals surface area (Å²) >= 11 is 0. The zero-order valence-electron chi connectivity index (χ0n) is 14.6. The van der Waals surface area contributed by atoms with Crippen molar-refractivity contribution in [2.24, 2.45) is 0 Å². The van der Waals surface area contributed by atoms with E-state index in [2.05, 4.69) is 10.4 Å². The van der Waals surface area contributed by atoms with Gasteiger partial charge in [0.05, 0.1) is 18.5 Å². The summed E-state index contributed by atoms with van der Waals surface area (Å²) in [6.07, 6.45) is 0. The number of rotatable bonds is 5. The molecule has 0 bridgehead atoms. The number of nitrogens with one attached hydrogen (secondary N) is 1. The van der Waals surface area contributed by atoms with Gasteiger partial charge in [-0.3, -0.25) is 4.79 Å². The SMILES string of the molecule is COc1cccc(-c2cc(C(=O)NC(C)C)n(-c3ccccc3)n2)c1. The van der Waals surface area contributed by atoms with Gasteiger partial charge >= 0.3 is 0 Å². The second kappa shape index (κ2) is 7.21. The third-order valence-electron chi connectivity index (χ3n) is 3.73. The first kappa shape index (κ1) is 16.8. The van der Waals surface area contributed by atoms with Gasteiger partial charge in [0, 0.05) is 11.6 Å². The Morgan fingerprint density at radius 1 is 1.08 bits per heavy atom. The third kappa shape index (κ3) is 3.71. The maximum atomic E-state index is 12.6. The molecule has 0 radical (unpaired) electrons. The van der Waals surface area contributed by atoms with Gasteiger partial charge in [-0.05, 0) is 44.2 Å². The smallest absolute Gasteiger partial charge is 0.270 e. The lowest BCUT2D eigenvalue weighted by molar-refractivity contribution is 0.0935. The Balaban J connectivity index is 2.09. The highest BCUT2D eigenvalue weighted by molar-refractivity contribution is 5.94. The molecule has 0 saturated carbocycles. The van der Waals surface area contributed by atoms with E-state index in [1.807, 2.05) is 68.4 Å². The van der Waals surface area contributed by atoms with Crippen LogP contribution in [-0.2, 0) is 0 Å². The summed E-state index contributed by atoms with van der Waals surface area (Å²) in [5.41, 5.74) is 2.95. The van der Waals surface area contributed by atoms with Crippen molar-refractivity contribution < 1.29 is 9.53 Å². The van der Waals surface area contributed by atoms with Crippen molar-refractivity contribution in [2.75, 3.05) is 7.11 Å². The number of carbonyl (C=O) groups is 1. The van der Waals surface area contributed by atoms with Crippen LogP contribution in [0.2, 0.25) is 0 Å². The van der Waals surface area contributed by atoms with E-state index in [0.29, 0.717) is 5.69 Å². The molecule has 2 aromatic carbocycles. The average molecular weight is 335 g/mol. The van der Waals surface area contributed by atoms with Gasteiger partial charge in [0.2, 0.25) is 0 Å². The molecule has 128 valence electrons. The van der Waals surface area contributed by atoms with Crippen molar-refractivity contribution >= 4 is 5.91 Å². The minimum atomic E-state index is -0.152. The van der Waals surface area contributed by atoms with E-state index in [1.54, 1.807) is 17.9 Å². The van der Waals surface area contributed by atoms with Crippen molar-refractivity contribution in [3.05, 3.63) is 66.4 Å². The third-order valence-corrected chi connectivity index (χ3v) is 3.73. The predicted molar refractivity (Wildman–Crippen MR) is 98.2 cm³/mol. The van der Waals surface area contributed by atoms with Gasteiger partial charge in [0.25, 0.3) is 5.91 Å². The molecule has 0 aliphatic heterocycles. The number of ether oxygens (including phenoxy) is 1. The first-order valence-corrected chi connectivity index (χ1v) is 8.19. The van der Waals surface area contributed by atoms with Crippen LogP contribution < -0.4 is 10.1 Å². The van der Waals surface area contributed by atoms with Crippen LogP contribution in [0.4, 0.5) is 0 Å². The molecule has 0 saturated heterocycles. The maximum Gasteiger partial charge on any atom is 0.270 e. The summed E-state index contributed by atoms with van der Waals surface area (Å²) in [6.45, 7) is 3.87. The van der Waals surface area contributed by atoms with Gasteiger partial charge in [-0.25, -0.2) is 4.68 Å². The summed E-state index contributed by atoms with van der Waals surface area (Å²) in [5.74, 6) is 0.598. The van der Waals surface area contributed by atoms with E-state index >= 15 is 0 Å². The van der Waals surface area contributed by atoms with Crippen LogP contribution in [-0.4, -0.2) is 28.8 Å². The fourth-order valence-corrected chi connectivity index (χ4v) is 2.57. The van der Waals surface area contributed by atoms with Crippen LogP contribution in [0.3, 0.4) is 0 Å². The second-order valence-electron chi connectivity index (χ2n) is 6.02. The number of aromatic nitrogens is 2. The summed E-state index contributed by atoms with van der Waals surface area (Å²) in [5, 5.41) is 7.59. The molecule has 0 fully saturated rings. The fraction of sp³-hybridized carbons (Fsp3) is 0.200. The topological polar surface area (TPSA) is 56.1 Å². The van der Waals surface area contributed by atoms with Crippen molar-refractivity contribution in [3.8, 4) is 22.7 Å². The molecule has 1 amide bonds. The molecule has 25 heavy (non-hydrogen) atoms. The summed E-state index contributed by atoms with van der Waals surface area (Å²) in [4.78, 5) is 12.6. The zero-order valence-corrected chi connectivity index (χ0v) is 14.6.